The Labute approximate surface area is 196 Å². The maximum atomic E-state index is 13.6. The second kappa shape index (κ2) is 9.63. The van der Waals surface area contributed by atoms with E-state index >= 15 is 0 Å². The van der Waals surface area contributed by atoms with Crippen LogP contribution in [0, 0.1) is 6.92 Å². The fourth-order valence-electron chi connectivity index (χ4n) is 3.89. The molecule has 1 saturated heterocycles. The molecule has 1 aliphatic heterocycles. The average Bonchev–Trinajstić information content (AvgIpc) is 2.68. The van der Waals surface area contributed by atoms with Crippen LogP contribution in [0.5, 0.6) is 5.88 Å². The zero-order valence-corrected chi connectivity index (χ0v) is 19.9. The highest BCUT2D eigenvalue weighted by Crippen LogP contribution is 2.41. The number of hydrogen-bond acceptors (Lipinski definition) is 6. The molecule has 12 heteroatoms. The van der Waals surface area contributed by atoms with Gasteiger partial charge in [0.1, 0.15) is 11.1 Å². The highest BCUT2D eigenvalue weighted by atomic mass is 32.2. The van der Waals surface area contributed by atoms with Crippen molar-refractivity contribution in [1.82, 2.24) is 14.0 Å². The molecule has 184 valence electrons. The Morgan fingerprint density at radius 3 is 2.38 bits per heavy atom. The van der Waals surface area contributed by atoms with Gasteiger partial charge < -0.3 is 10.1 Å². The van der Waals surface area contributed by atoms with Crippen molar-refractivity contribution in [2.24, 2.45) is 0 Å². The Morgan fingerprint density at radius 2 is 1.79 bits per heavy atom. The third kappa shape index (κ3) is 5.17. The van der Waals surface area contributed by atoms with Gasteiger partial charge in [-0.05, 0) is 36.1 Å². The van der Waals surface area contributed by atoms with Gasteiger partial charge in [-0.3, -0.25) is 9.59 Å². The summed E-state index contributed by atoms with van der Waals surface area (Å²) in [4.78, 5) is 28.9. The van der Waals surface area contributed by atoms with Crippen LogP contribution in [0.3, 0.4) is 0 Å². The smallest absolute Gasteiger partial charge is 0.388 e. The molecule has 0 unspecified atom stereocenters. The maximum absolute atomic E-state index is 13.6. The molecule has 2 heterocycles. The number of carbonyl (C=O) groups excluding carboxylic acids is 2. The molecule has 1 aromatic heterocycles. The van der Waals surface area contributed by atoms with Crippen LogP contribution in [0.15, 0.2) is 36.4 Å². The molecule has 9 nitrogen and oxygen atoms in total. The number of nitrogens with one attached hydrogen (secondary N) is 2. The fourth-order valence-corrected chi connectivity index (χ4v) is 5.16. The number of benzene rings is 1. The zero-order chi connectivity index (χ0) is 25.3. The molecular formula is C22H26F2N4O5S. The standard InChI is InChI=1S/C22H26F2N4O5S/c1-13(2)16-7-5-6-8-17(16)22(11-28(12-22)34(31,32)27-15(4)29)20(30)26-18-10-9-14(3)25-19(18)33-21(23)24/h5-10,13,21H,11-12H2,1-4H3,(H,26,30)(H,27,29). The van der Waals surface area contributed by atoms with Gasteiger partial charge in [0.15, 0.2) is 0 Å². The quantitative estimate of drug-likeness (QED) is 0.580. The van der Waals surface area contributed by atoms with Crippen LogP contribution in [-0.2, 0) is 25.2 Å². The first-order chi connectivity index (χ1) is 15.9. The number of aryl methyl sites for hydroxylation is 1. The van der Waals surface area contributed by atoms with E-state index in [4.69, 9.17) is 0 Å². The van der Waals surface area contributed by atoms with E-state index in [2.05, 4.69) is 15.0 Å². The number of carbonyl (C=O) groups is 2. The predicted molar refractivity (Wildman–Crippen MR) is 121 cm³/mol. The van der Waals surface area contributed by atoms with Crippen LogP contribution in [0.1, 0.15) is 43.5 Å². The van der Waals surface area contributed by atoms with Crippen LogP contribution in [0.4, 0.5) is 14.5 Å². The SMILES string of the molecule is CC(=O)NS(=O)(=O)N1CC(C(=O)Nc2ccc(C)nc2OC(F)F)(c2ccccc2C(C)C)C1. The molecule has 34 heavy (non-hydrogen) atoms. The topological polar surface area (TPSA) is 118 Å². The summed E-state index contributed by atoms with van der Waals surface area (Å²) in [6.45, 7) is 2.87. The number of aromatic nitrogens is 1. The van der Waals surface area contributed by atoms with Crippen molar-refractivity contribution >= 4 is 27.7 Å². The molecule has 0 atom stereocenters. The summed E-state index contributed by atoms with van der Waals surface area (Å²) in [5, 5.41) is 2.59. The highest BCUT2D eigenvalue weighted by molar-refractivity contribution is 7.87. The zero-order valence-electron chi connectivity index (χ0n) is 19.1. The van der Waals surface area contributed by atoms with E-state index in [0.717, 1.165) is 16.8 Å². The van der Waals surface area contributed by atoms with E-state index in [0.29, 0.717) is 11.3 Å². The van der Waals surface area contributed by atoms with E-state index in [9.17, 15) is 26.8 Å². The first kappa shape index (κ1) is 25.5. The van der Waals surface area contributed by atoms with Gasteiger partial charge in [-0.25, -0.2) is 9.71 Å². The highest BCUT2D eigenvalue weighted by Gasteiger charge is 2.55. The Balaban J connectivity index is 2.02. The first-order valence-corrected chi connectivity index (χ1v) is 11.9. The molecule has 1 aromatic carbocycles. The summed E-state index contributed by atoms with van der Waals surface area (Å²) < 4.78 is 58.1. The van der Waals surface area contributed by atoms with Gasteiger partial charge in [0.25, 0.3) is 0 Å². The van der Waals surface area contributed by atoms with E-state index in [1.165, 1.54) is 12.1 Å². The van der Waals surface area contributed by atoms with Crippen LogP contribution >= 0.6 is 0 Å². The minimum Gasteiger partial charge on any atom is -0.415 e. The number of anilines is 1. The fraction of sp³-hybridized carbons (Fsp3) is 0.409. The summed E-state index contributed by atoms with van der Waals surface area (Å²) >= 11 is 0. The van der Waals surface area contributed by atoms with Crippen LogP contribution in [0.25, 0.3) is 0 Å². The van der Waals surface area contributed by atoms with Gasteiger partial charge in [0.2, 0.25) is 17.7 Å². The normalized spacial score (nSPS) is 15.6. The second-order valence-electron chi connectivity index (χ2n) is 8.39. The Bertz CT molecular complexity index is 1200. The molecule has 0 aliphatic carbocycles. The number of nitrogens with zero attached hydrogens (tertiary/aromatic N) is 2. The minimum absolute atomic E-state index is 0.0145. The van der Waals surface area contributed by atoms with Gasteiger partial charge in [-0.1, -0.05) is 38.1 Å². The summed E-state index contributed by atoms with van der Waals surface area (Å²) in [5.74, 6) is -1.80. The van der Waals surface area contributed by atoms with Crippen molar-refractivity contribution in [2.45, 2.75) is 45.6 Å². The molecule has 0 spiro atoms. The number of amides is 2. The van der Waals surface area contributed by atoms with Crippen molar-refractivity contribution in [3.63, 3.8) is 0 Å². The van der Waals surface area contributed by atoms with Crippen molar-refractivity contribution in [3.05, 3.63) is 53.2 Å². The maximum Gasteiger partial charge on any atom is 0.388 e. The lowest BCUT2D eigenvalue weighted by atomic mass is 9.71. The first-order valence-electron chi connectivity index (χ1n) is 10.5. The lowest BCUT2D eigenvalue weighted by Crippen LogP contribution is -2.68. The molecule has 2 aromatic rings. The van der Waals surface area contributed by atoms with Gasteiger partial charge >= 0.3 is 16.8 Å². The molecule has 1 aliphatic rings. The number of rotatable bonds is 8. The summed E-state index contributed by atoms with van der Waals surface area (Å²) in [6.07, 6.45) is 0. The Hall–Kier alpha value is -3.12. The van der Waals surface area contributed by atoms with Crippen molar-refractivity contribution in [2.75, 3.05) is 18.4 Å². The summed E-state index contributed by atoms with van der Waals surface area (Å²) in [6, 6.07) is 10.1. The Morgan fingerprint density at radius 1 is 1.15 bits per heavy atom. The van der Waals surface area contributed by atoms with Crippen LogP contribution in [0.2, 0.25) is 0 Å². The molecule has 0 radical (unpaired) electrons. The van der Waals surface area contributed by atoms with Gasteiger partial charge in [0, 0.05) is 25.7 Å². The van der Waals surface area contributed by atoms with Gasteiger partial charge in [-0.15, -0.1) is 0 Å². The van der Waals surface area contributed by atoms with Gasteiger partial charge in [-0.2, -0.15) is 21.5 Å². The summed E-state index contributed by atoms with van der Waals surface area (Å²) in [5.41, 5.74) is 0.443. The molecule has 2 amide bonds. The largest absolute Gasteiger partial charge is 0.415 e. The Kier molecular flexibility index (Phi) is 7.22. The number of alkyl halides is 2. The van der Waals surface area contributed by atoms with Crippen molar-refractivity contribution < 1.29 is 31.5 Å². The number of ether oxygens (including phenoxy) is 1. The molecular weight excluding hydrogens is 470 g/mol. The predicted octanol–water partition coefficient (Wildman–Crippen LogP) is 2.69. The molecule has 3 rings (SSSR count). The number of halogens is 2. The lowest BCUT2D eigenvalue weighted by molar-refractivity contribution is -0.125. The van der Waals surface area contributed by atoms with E-state index in [1.807, 2.05) is 30.7 Å². The number of hydrogen-bond donors (Lipinski definition) is 2. The van der Waals surface area contributed by atoms with Gasteiger partial charge in [0.05, 0.1) is 0 Å². The van der Waals surface area contributed by atoms with Crippen molar-refractivity contribution in [1.29, 1.82) is 0 Å². The second-order valence-corrected chi connectivity index (χ2v) is 10.1. The molecule has 1 fully saturated rings. The molecule has 0 saturated carbocycles. The molecule has 0 bridgehead atoms. The average molecular weight is 497 g/mol. The van der Waals surface area contributed by atoms with Crippen LogP contribution < -0.4 is 14.8 Å². The third-order valence-corrected chi connectivity index (χ3v) is 6.97. The monoisotopic (exact) mass is 496 g/mol. The third-order valence-electron chi connectivity index (χ3n) is 5.49. The summed E-state index contributed by atoms with van der Waals surface area (Å²) in [7, 11) is -4.15. The van der Waals surface area contributed by atoms with E-state index in [1.54, 1.807) is 19.1 Å². The van der Waals surface area contributed by atoms with Crippen LogP contribution in [-0.4, -0.2) is 49.2 Å². The molecule has 2 N–H and O–H groups in total. The van der Waals surface area contributed by atoms with Crippen molar-refractivity contribution in [3.8, 4) is 5.88 Å². The number of pyridine rings is 1. The lowest BCUT2D eigenvalue weighted by Gasteiger charge is -2.48. The van der Waals surface area contributed by atoms with E-state index < -0.39 is 39.9 Å². The minimum atomic E-state index is -4.15. The van der Waals surface area contributed by atoms with E-state index in [-0.39, 0.29) is 24.7 Å².